The molecule has 1 aromatic heterocycles. The van der Waals surface area contributed by atoms with Crippen molar-refractivity contribution in [3.63, 3.8) is 0 Å². The standard InChI is InChI=1S/C19H23NO5/c1-10-7-12-5-6-13-8-15(19(3,4)24)25-17(13)14(12)9-20(10)16(11(2)21)18(22)23/h5-7,9,11,15-16,21,24H,8H2,1-4H3. The molecule has 0 fully saturated rings. The second kappa shape index (κ2) is 5.97. The number of carboxylic acids is 1. The number of aromatic nitrogens is 1. The molecule has 2 heterocycles. The summed E-state index contributed by atoms with van der Waals surface area (Å²) in [7, 11) is 0. The van der Waals surface area contributed by atoms with Crippen molar-refractivity contribution in [2.24, 2.45) is 0 Å². The predicted octanol–water partition coefficient (Wildman–Crippen LogP) is 0.182. The molecule has 134 valence electrons. The summed E-state index contributed by atoms with van der Waals surface area (Å²) in [5.74, 6) is -0.689. The monoisotopic (exact) mass is 345 g/mol. The maximum Gasteiger partial charge on any atom is 0.223 e. The summed E-state index contributed by atoms with van der Waals surface area (Å²) in [6.45, 7) is 6.62. The molecule has 1 aliphatic rings. The van der Waals surface area contributed by atoms with Crippen molar-refractivity contribution in [1.29, 1.82) is 0 Å². The van der Waals surface area contributed by atoms with E-state index in [9.17, 15) is 20.1 Å². The van der Waals surface area contributed by atoms with Gasteiger partial charge in [0.25, 0.3) is 0 Å². The van der Waals surface area contributed by atoms with Crippen molar-refractivity contribution in [3.8, 4) is 5.75 Å². The summed E-state index contributed by atoms with van der Waals surface area (Å²) in [4.78, 5) is 11.5. The summed E-state index contributed by atoms with van der Waals surface area (Å²) >= 11 is 0. The van der Waals surface area contributed by atoms with E-state index in [0.29, 0.717) is 17.9 Å². The Bertz CT molecular complexity index is 838. The lowest BCUT2D eigenvalue weighted by Crippen LogP contribution is -2.55. The van der Waals surface area contributed by atoms with Crippen LogP contribution in [0.5, 0.6) is 5.75 Å². The molecule has 1 aliphatic heterocycles. The second-order valence-electron chi connectivity index (χ2n) is 7.35. The summed E-state index contributed by atoms with van der Waals surface area (Å²) in [6, 6.07) is 4.59. The number of carbonyl (C=O) groups is 1. The molecule has 6 nitrogen and oxygen atoms in total. The van der Waals surface area contributed by atoms with Crippen molar-refractivity contribution in [2.45, 2.75) is 58.0 Å². The summed E-state index contributed by atoms with van der Waals surface area (Å²) in [5, 5.41) is 33.3. The van der Waals surface area contributed by atoms with Crippen LogP contribution in [0.4, 0.5) is 0 Å². The number of ether oxygens (including phenoxy) is 1. The maximum absolute atomic E-state index is 11.5. The van der Waals surface area contributed by atoms with E-state index in [0.717, 1.165) is 16.3 Å². The Labute approximate surface area is 146 Å². The lowest BCUT2D eigenvalue weighted by Gasteiger charge is -2.24. The third kappa shape index (κ3) is 3.07. The molecule has 2 N–H and O–H groups in total. The van der Waals surface area contributed by atoms with Gasteiger partial charge in [0.05, 0.1) is 11.0 Å². The highest BCUT2D eigenvalue weighted by atomic mass is 16.5. The van der Waals surface area contributed by atoms with E-state index in [1.807, 2.05) is 18.2 Å². The fourth-order valence-corrected chi connectivity index (χ4v) is 3.38. The topological polar surface area (TPSA) is 93.7 Å². The number of hydrogen-bond donors (Lipinski definition) is 2. The number of aryl methyl sites for hydroxylation is 1. The Morgan fingerprint density at radius 3 is 2.68 bits per heavy atom. The van der Waals surface area contributed by atoms with Crippen LogP contribution in [0.2, 0.25) is 0 Å². The summed E-state index contributed by atoms with van der Waals surface area (Å²) < 4.78 is 7.49. The van der Waals surface area contributed by atoms with Gasteiger partial charge in [-0.1, -0.05) is 12.1 Å². The van der Waals surface area contributed by atoms with Gasteiger partial charge in [0, 0.05) is 19.4 Å². The largest absolute Gasteiger partial charge is 0.543 e. The molecule has 0 amide bonds. The number of carboxylic acid groups (broad SMARTS) is 1. The van der Waals surface area contributed by atoms with Crippen molar-refractivity contribution in [2.75, 3.05) is 0 Å². The van der Waals surface area contributed by atoms with E-state index in [1.165, 1.54) is 11.5 Å². The van der Waals surface area contributed by atoms with E-state index in [2.05, 4.69) is 0 Å². The van der Waals surface area contributed by atoms with E-state index in [1.54, 1.807) is 27.0 Å². The molecule has 0 saturated carbocycles. The first-order chi connectivity index (χ1) is 11.6. The SMILES string of the molecule is Cc1cc2ccc3c(c2c[n+]1C(C(=O)[O-])C(C)O)OC(C(C)(C)O)C3. The normalized spacial score (nSPS) is 19.4. The molecule has 3 rings (SSSR count). The number of nitrogens with zero attached hydrogens (tertiary/aromatic N) is 1. The highest BCUT2D eigenvalue weighted by Gasteiger charge is 2.36. The van der Waals surface area contributed by atoms with E-state index < -0.39 is 23.7 Å². The lowest BCUT2D eigenvalue weighted by atomic mass is 9.96. The second-order valence-corrected chi connectivity index (χ2v) is 7.35. The number of hydrogen-bond acceptors (Lipinski definition) is 5. The van der Waals surface area contributed by atoms with E-state index in [4.69, 9.17) is 4.74 Å². The molecule has 1 aromatic carbocycles. The summed E-state index contributed by atoms with van der Waals surface area (Å²) in [6.07, 6.45) is 0.802. The maximum atomic E-state index is 11.5. The van der Waals surface area contributed by atoms with Crippen molar-refractivity contribution in [1.82, 2.24) is 0 Å². The number of aliphatic carboxylic acids is 1. The van der Waals surface area contributed by atoms with Gasteiger partial charge in [-0.25, -0.2) is 0 Å². The van der Waals surface area contributed by atoms with Crippen LogP contribution in [0, 0.1) is 6.92 Å². The van der Waals surface area contributed by atoms with Crippen LogP contribution in [-0.2, 0) is 11.2 Å². The van der Waals surface area contributed by atoms with E-state index in [-0.39, 0.29) is 6.10 Å². The number of rotatable bonds is 4. The molecule has 2 aromatic rings. The molecule has 0 aliphatic carbocycles. The number of benzene rings is 1. The smallest absolute Gasteiger partial charge is 0.223 e. The number of pyridine rings is 1. The minimum atomic E-state index is -1.34. The molecular formula is C19H23NO5. The van der Waals surface area contributed by atoms with E-state index >= 15 is 0 Å². The van der Waals surface area contributed by atoms with Gasteiger partial charge in [0.15, 0.2) is 11.9 Å². The zero-order chi connectivity index (χ0) is 18.5. The van der Waals surface area contributed by atoms with Gasteiger partial charge in [-0.2, -0.15) is 4.57 Å². The zero-order valence-electron chi connectivity index (χ0n) is 14.8. The number of aliphatic hydroxyl groups excluding tert-OH is 1. The van der Waals surface area contributed by atoms with Crippen molar-refractivity contribution < 1.29 is 29.4 Å². The van der Waals surface area contributed by atoms with Gasteiger partial charge < -0.3 is 24.9 Å². The molecule has 6 heteroatoms. The fourth-order valence-electron chi connectivity index (χ4n) is 3.38. The van der Waals surface area contributed by atoms with Crippen molar-refractivity contribution in [3.05, 3.63) is 35.7 Å². The third-order valence-corrected chi connectivity index (χ3v) is 4.80. The molecule has 0 saturated heterocycles. The lowest BCUT2D eigenvalue weighted by molar-refractivity contribution is -0.726. The Morgan fingerprint density at radius 1 is 1.44 bits per heavy atom. The zero-order valence-corrected chi connectivity index (χ0v) is 14.8. The van der Waals surface area contributed by atoms with Gasteiger partial charge in [-0.3, -0.25) is 0 Å². The third-order valence-electron chi connectivity index (χ3n) is 4.80. The van der Waals surface area contributed by atoms with Crippen LogP contribution in [0.1, 0.15) is 38.1 Å². The number of fused-ring (bicyclic) bond motifs is 3. The molecular weight excluding hydrogens is 322 g/mol. The minimum absolute atomic E-state index is 0.364. The molecule has 0 radical (unpaired) electrons. The summed E-state index contributed by atoms with van der Waals surface area (Å²) in [5.41, 5.74) is 0.677. The quantitative estimate of drug-likeness (QED) is 0.771. The minimum Gasteiger partial charge on any atom is -0.543 e. The van der Waals surface area contributed by atoms with Gasteiger partial charge >= 0.3 is 0 Å². The van der Waals surface area contributed by atoms with Gasteiger partial charge in [-0.05, 0) is 31.7 Å². The Morgan fingerprint density at radius 2 is 2.12 bits per heavy atom. The first kappa shape index (κ1) is 17.6. The van der Waals surface area contributed by atoms with Gasteiger partial charge in [0.2, 0.25) is 6.04 Å². The molecule has 25 heavy (non-hydrogen) atoms. The van der Waals surface area contributed by atoms with Crippen LogP contribution in [0.25, 0.3) is 10.8 Å². The average Bonchev–Trinajstić information content (AvgIpc) is 2.92. The van der Waals surface area contributed by atoms with Crippen LogP contribution in [0.15, 0.2) is 24.4 Å². The predicted molar refractivity (Wildman–Crippen MR) is 89.0 cm³/mol. The highest BCUT2D eigenvalue weighted by molar-refractivity contribution is 5.89. The Kier molecular flexibility index (Phi) is 4.21. The Hall–Kier alpha value is -2.18. The first-order valence-electron chi connectivity index (χ1n) is 8.35. The Balaban J connectivity index is 2.16. The number of aliphatic hydroxyl groups is 2. The van der Waals surface area contributed by atoms with Gasteiger partial charge in [-0.15, -0.1) is 0 Å². The van der Waals surface area contributed by atoms with Gasteiger partial charge in [0.1, 0.15) is 23.9 Å². The number of carbonyl (C=O) groups excluding carboxylic acids is 1. The fraction of sp³-hybridized carbons (Fsp3) is 0.474. The average molecular weight is 345 g/mol. The van der Waals surface area contributed by atoms with Crippen LogP contribution in [0.3, 0.4) is 0 Å². The van der Waals surface area contributed by atoms with Crippen LogP contribution in [-0.4, -0.2) is 34.0 Å². The van der Waals surface area contributed by atoms with Crippen LogP contribution < -0.4 is 14.4 Å². The molecule has 0 bridgehead atoms. The highest BCUT2D eigenvalue weighted by Crippen LogP contribution is 2.38. The van der Waals surface area contributed by atoms with Crippen LogP contribution >= 0.6 is 0 Å². The molecule has 0 spiro atoms. The molecule has 3 atom stereocenters. The van der Waals surface area contributed by atoms with Crippen molar-refractivity contribution >= 4 is 16.7 Å². The first-order valence-corrected chi connectivity index (χ1v) is 8.35. The molecule has 3 unspecified atom stereocenters.